The summed E-state index contributed by atoms with van der Waals surface area (Å²) in [6.07, 6.45) is 1.51. The van der Waals surface area contributed by atoms with Crippen LogP contribution in [0.1, 0.15) is 4.88 Å². The predicted octanol–water partition coefficient (Wildman–Crippen LogP) is 4.26. The molecule has 0 bridgehead atoms. The molecule has 4 rings (SSSR count). The van der Waals surface area contributed by atoms with Gasteiger partial charge in [-0.3, -0.25) is 0 Å². The Labute approximate surface area is 141 Å². The summed E-state index contributed by atoms with van der Waals surface area (Å²) in [4.78, 5) is 0.980. The molecule has 0 aliphatic carbocycles. The largest absolute Gasteiger partial charge is 0.463 e. The van der Waals surface area contributed by atoms with Crippen molar-refractivity contribution in [2.45, 2.75) is 11.8 Å². The van der Waals surface area contributed by atoms with Crippen LogP contribution in [0.25, 0.3) is 21.5 Å². The van der Waals surface area contributed by atoms with Gasteiger partial charge in [0.1, 0.15) is 4.90 Å². The Bertz CT molecular complexity index is 1110. The number of benzene rings is 1. The number of rotatable bonds is 4. The van der Waals surface area contributed by atoms with Crippen LogP contribution in [0, 0.1) is 6.92 Å². The van der Waals surface area contributed by atoms with E-state index < -0.39 is 10.0 Å². The lowest BCUT2D eigenvalue weighted by Gasteiger charge is -2.04. The molecule has 0 atom stereocenters. The monoisotopic (exact) mass is 360 g/mol. The Kier molecular flexibility index (Phi) is 3.43. The first-order valence-corrected chi connectivity index (χ1v) is 9.36. The number of fused-ring (bicyclic) bond motifs is 1. The van der Waals surface area contributed by atoms with Crippen LogP contribution in [0.5, 0.6) is 0 Å². The average Bonchev–Trinajstić information content (AvgIpc) is 3.24. The minimum absolute atomic E-state index is 0.0380. The second-order valence-corrected chi connectivity index (χ2v) is 8.02. The average molecular weight is 360 g/mol. The van der Waals surface area contributed by atoms with E-state index in [4.69, 9.17) is 8.94 Å². The number of furan rings is 1. The first kappa shape index (κ1) is 15.0. The molecule has 6 nitrogen and oxygen atoms in total. The van der Waals surface area contributed by atoms with Crippen molar-refractivity contribution in [3.05, 3.63) is 53.6 Å². The van der Waals surface area contributed by atoms with Crippen molar-refractivity contribution in [2.75, 3.05) is 4.72 Å². The van der Waals surface area contributed by atoms with Crippen molar-refractivity contribution in [3.63, 3.8) is 0 Å². The number of thiophene rings is 1. The van der Waals surface area contributed by atoms with Gasteiger partial charge in [-0.25, -0.2) is 13.1 Å². The van der Waals surface area contributed by atoms with Gasteiger partial charge in [-0.2, -0.15) is 0 Å². The molecule has 1 N–H and O–H groups in total. The van der Waals surface area contributed by atoms with Gasteiger partial charge in [-0.05, 0) is 25.1 Å². The standard InChI is InChI=1S/C16H12N2O4S2/c1-10-16(11-5-2-3-7-14(11)23-10)24(19,20)18-15-9-12(17-22-15)13-6-4-8-21-13/h2-9,18H,1H3. The number of aryl methyl sites for hydroxylation is 1. The smallest absolute Gasteiger partial charge is 0.265 e. The van der Waals surface area contributed by atoms with Crippen LogP contribution < -0.4 is 4.72 Å². The second-order valence-electron chi connectivity index (χ2n) is 5.14. The normalized spacial score (nSPS) is 11.9. The number of hydrogen-bond acceptors (Lipinski definition) is 6. The molecule has 0 saturated carbocycles. The Hall–Kier alpha value is -2.58. The van der Waals surface area contributed by atoms with Crippen LogP contribution in [-0.2, 0) is 10.0 Å². The minimum atomic E-state index is -3.79. The van der Waals surface area contributed by atoms with E-state index in [0.717, 1.165) is 9.58 Å². The zero-order valence-corrected chi connectivity index (χ0v) is 14.1. The maximum Gasteiger partial charge on any atom is 0.265 e. The van der Waals surface area contributed by atoms with E-state index in [-0.39, 0.29) is 10.8 Å². The summed E-state index contributed by atoms with van der Waals surface area (Å²) in [6, 6.07) is 12.3. The third-order valence-electron chi connectivity index (χ3n) is 3.50. The quantitative estimate of drug-likeness (QED) is 0.588. The number of anilines is 1. The molecular weight excluding hydrogens is 348 g/mol. The molecule has 3 heterocycles. The van der Waals surface area contributed by atoms with E-state index in [1.54, 1.807) is 25.1 Å². The SMILES string of the molecule is Cc1sc2ccccc2c1S(=O)(=O)Nc1cc(-c2ccco2)no1. The fraction of sp³-hybridized carbons (Fsp3) is 0.0625. The first-order valence-electron chi connectivity index (χ1n) is 7.06. The van der Waals surface area contributed by atoms with E-state index in [1.165, 1.54) is 23.7 Å². The maximum absolute atomic E-state index is 12.8. The zero-order valence-electron chi connectivity index (χ0n) is 12.5. The summed E-state index contributed by atoms with van der Waals surface area (Å²) < 4.78 is 39.2. The third kappa shape index (κ3) is 2.49. The van der Waals surface area contributed by atoms with E-state index in [0.29, 0.717) is 16.8 Å². The summed E-state index contributed by atoms with van der Waals surface area (Å²) in [5.41, 5.74) is 0.421. The van der Waals surface area contributed by atoms with Gasteiger partial charge in [-0.15, -0.1) is 11.3 Å². The van der Waals surface area contributed by atoms with Crippen LogP contribution in [0.3, 0.4) is 0 Å². The van der Waals surface area contributed by atoms with Gasteiger partial charge in [0.2, 0.25) is 5.88 Å². The van der Waals surface area contributed by atoms with Crippen LogP contribution >= 0.6 is 11.3 Å². The number of nitrogens with zero attached hydrogens (tertiary/aromatic N) is 1. The lowest BCUT2D eigenvalue weighted by molar-refractivity contribution is 0.435. The van der Waals surface area contributed by atoms with Gasteiger partial charge in [0.25, 0.3) is 10.0 Å². The van der Waals surface area contributed by atoms with Crippen LogP contribution in [0.15, 0.2) is 62.6 Å². The van der Waals surface area contributed by atoms with Crippen LogP contribution in [0.2, 0.25) is 0 Å². The molecule has 3 aromatic heterocycles. The molecule has 0 aliphatic heterocycles. The molecule has 0 unspecified atom stereocenters. The number of sulfonamides is 1. The van der Waals surface area contributed by atoms with Gasteiger partial charge in [0.05, 0.1) is 6.26 Å². The van der Waals surface area contributed by atoms with Gasteiger partial charge in [0.15, 0.2) is 11.5 Å². The summed E-state index contributed by atoms with van der Waals surface area (Å²) in [7, 11) is -3.79. The Morgan fingerprint density at radius 3 is 2.79 bits per heavy atom. The van der Waals surface area contributed by atoms with Crippen LogP contribution in [-0.4, -0.2) is 13.6 Å². The molecule has 0 fully saturated rings. The second kappa shape index (κ2) is 5.50. The molecule has 0 amide bonds. The first-order chi connectivity index (χ1) is 11.5. The summed E-state index contributed by atoms with van der Waals surface area (Å²) in [5, 5.41) is 4.51. The topological polar surface area (TPSA) is 85.3 Å². The molecule has 24 heavy (non-hydrogen) atoms. The van der Waals surface area contributed by atoms with Gasteiger partial charge in [0, 0.05) is 21.0 Å². The van der Waals surface area contributed by atoms with E-state index in [2.05, 4.69) is 9.88 Å². The lowest BCUT2D eigenvalue weighted by atomic mass is 10.2. The van der Waals surface area contributed by atoms with Crippen molar-refractivity contribution in [1.29, 1.82) is 0 Å². The number of aromatic nitrogens is 1. The number of nitrogens with one attached hydrogen (secondary N) is 1. The Morgan fingerprint density at radius 2 is 2.00 bits per heavy atom. The lowest BCUT2D eigenvalue weighted by Crippen LogP contribution is -2.12. The fourth-order valence-electron chi connectivity index (χ4n) is 2.53. The highest BCUT2D eigenvalue weighted by atomic mass is 32.2. The maximum atomic E-state index is 12.8. The minimum Gasteiger partial charge on any atom is -0.463 e. The third-order valence-corrected chi connectivity index (χ3v) is 6.25. The molecule has 122 valence electrons. The molecule has 4 aromatic rings. The fourth-order valence-corrected chi connectivity index (χ4v) is 5.31. The molecule has 0 radical (unpaired) electrons. The molecule has 1 aromatic carbocycles. The van der Waals surface area contributed by atoms with Gasteiger partial charge < -0.3 is 8.94 Å². The molecule has 0 aliphatic rings. The summed E-state index contributed by atoms with van der Waals surface area (Å²) in [5.74, 6) is 0.539. The summed E-state index contributed by atoms with van der Waals surface area (Å²) >= 11 is 1.44. The Balaban J connectivity index is 1.72. The van der Waals surface area contributed by atoms with E-state index in [9.17, 15) is 8.42 Å². The molecule has 0 spiro atoms. The van der Waals surface area contributed by atoms with Gasteiger partial charge in [-0.1, -0.05) is 23.4 Å². The predicted molar refractivity (Wildman–Crippen MR) is 91.6 cm³/mol. The van der Waals surface area contributed by atoms with Gasteiger partial charge >= 0.3 is 0 Å². The van der Waals surface area contributed by atoms with E-state index >= 15 is 0 Å². The van der Waals surface area contributed by atoms with E-state index in [1.807, 2.05) is 18.2 Å². The van der Waals surface area contributed by atoms with Crippen molar-refractivity contribution in [3.8, 4) is 11.5 Å². The molecular formula is C16H12N2O4S2. The zero-order chi connectivity index (χ0) is 16.7. The molecule has 0 saturated heterocycles. The molecule has 8 heteroatoms. The highest BCUT2D eigenvalue weighted by Crippen LogP contribution is 2.35. The van der Waals surface area contributed by atoms with Crippen molar-refractivity contribution < 1.29 is 17.4 Å². The highest BCUT2D eigenvalue weighted by molar-refractivity contribution is 7.93. The van der Waals surface area contributed by atoms with Crippen molar-refractivity contribution >= 4 is 37.3 Å². The Morgan fingerprint density at radius 1 is 1.17 bits per heavy atom. The van der Waals surface area contributed by atoms with Crippen molar-refractivity contribution in [1.82, 2.24) is 5.16 Å². The van der Waals surface area contributed by atoms with Crippen molar-refractivity contribution in [2.24, 2.45) is 0 Å². The number of hydrogen-bond donors (Lipinski definition) is 1. The summed E-state index contributed by atoms with van der Waals surface area (Å²) in [6.45, 7) is 1.79. The van der Waals surface area contributed by atoms with Crippen LogP contribution in [0.4, 0.5) is 5.88 Å². The highest BCUT2D eigenvalue weighted by Gasteiger charge is 2.24.